The number of ether oxygens (including phenoxy) is 2. The first-order chi connectivity index (χ1) is 31.3. The van der Waals surface area contributed by atoms with Gasteiger partial charge in [-0.15, -0.1) is 0 Å². The predicted molar refractivity (Wildman–Crippen MR) is 240 cm³/mol. The zero-order valence-electron chi connectivity index (χ0n) is 36.6. The van der Waals surface area contributed by atoms with Gasteiger partial charge in [-0.1, -0.05) is 24.6 Å². The number of piperidine rings is 3. The lowest BCUT2D eigenvalue weighted by Crippen LogP contribution is -2.54. The second-order valence-electron chi connectivity index (χ2n) is 18.0. The largest absolute Gasteiger partial charge is 0.480 e. The number of likely N-dealkylation sites (tertiary alicyclic amines) is 1. The Balaban J connectivity index is 0.755. The third-order valence-corrected chi connectivity index (χ3v) is 13.7. The maximum absolute atomic E-state index is 15.9. The van der Waals surface area contributed by atoms with Crippen molar-refractivity contribution in [3.05, 3.63) is 80.7 Å². The average Bonchev–Trinajstić information content (AvgIpc) is 3.52. The van der Waals surface area contributed by atoms with Gasteiger partial charge < -0.3 is 24.3 Å². The van der Waals surface area contributed by atoms with Crippen molar-refractivity contribution in [3.63, 3.8) is 0 Å². The Morgan fingerprint density at radius 2 is 1.72 bits per heavy atom. The number of amides is 4. The summed E-state index contributed by atoms with van der Waals surface area (Å²) >= 11 is 6.59. The summed E-state index contributed by atoms with van der Waals surface area (Å²) in [5.74, 6) is -1.69. The molecule has 3 atom stereocenters. The summed E-state index contributed by atoms with van der Waals surface area (Å²) in [6.45, 7) is 7.78. The number of carbonyl (C=O) groups excluding carboxylic acids is 5. The summed E-state index contributed by atoms with van der Waals surface area (Å²) in [5.41, 5.74) is 2.15. The van der Waals surface area contributed by atoms with Crippen molar-refractivity contribution in [3.8, 4) is 5.75 Å². The molecule has 342 valence electrons. The molecule has 2 aromatic heterocycles. The Labute approximate surface area is 379 Å². The fraction of sp³-hybridized carbons (Fsp3) is 0.489. The van der Waals surface area contributed by atoms with Gasteiger partial charge in [0.1, 0.15) is 23.8 Å². The first kappa shape index (κ1) is 44.4. The molecule has 1 unspecified atom stereocenters. The van der Waals surface area contributed by atoms with Crippen molar-refractivity contribution in [2.45, 2.75) is 115 Å². The van der Waals surface area contributed by atoms with E-state index in [-0.39, 0.29) is 78.5 Å². The molecule has 1 aliphatic carbocycles. The summed E-state index contributed by atoms with van der Waals surface area (Å²) in [4.78, 5) is 90.4. The van der Waals surface area contributed by atoms with Crippen molar-refractivity contribution < 1.29 is 37.8 Å². The van der Waals surface area contributed by atoms with Crippen LogP contribution in [0, 0.1) is 0 Å². The van der Waals surface area contributed by atoms with Crippen LogP contribution in [0.2, 0.25) is 5.02 Å². The van der Waals surface area contributed by atoms with Crippen LogP contribution in [0.1, 0.15) is 110 Å². The number of imide groups is 2. The number of ketones is 1. The molecule has 4 aromatic rings. The quantitative estimate of drug-likeness (QED) is 0.152. The van der Waals surface area contributed by atoms with E-state index >= 15 is 4.39 Å². The topological polar surface area (TPSA) is 185 Å². The van der Waals surface area contributed by atoms with Gasteiger partial charge in [0.25, 0.3) is 17.4 Å². The van der Waals surface area contributed by atoms with Gasteiger partial charge in [0.2, 0.25) is 17.8 Å². The number of pyridine rings is 1. The molecule has 0 radical (unpaired) electrons. The van der Waals surface area contributed by atoms with E-state index in [9.17, 15) is 28.8 Å². The minimum atomic E-state index is -1.16. The van der Waals surface area contributed by atoms with Crippen LogP contribution in [0.5, 0.6) is 5.75 Å². The van der Waals surface area contributed by atoms with Gasteiger partial charge in [0, 0.05) is 61.6 Å². The normalized spacial score (nSPS) is 24.1. The number of nitrogens with one attached hydrogen (secondary N) is 2. The summed E-state index contributed by atoms with van der Waals surface area (Å²) in [7, 11) is 0. The van der Waals surface area contributed by atoms with Crippen molar-refractivity contribution in [2.75, 3.05) is 43.0 Å². The molecule has 3 saturated heterocycles. The van der Waals surface area contributed by atoms with Gasteiger partial charge in [0.05, 0.1) is 35.0 Å². The summed E-state index contributed by atoms with van der Waals surface area (Å²) in [5, 5.41) is 6.62. The molecule has 1 saturated carbocycles. The number of benzene rings is 2. The zero-order valence-corrected chi connectivity index (χ0v) is 37.3. The van der Waals surface area contributed by atoms with E-state index in [1.165, 1.54) is 0 Å². The number of hydrogen-bond donors (Lipinski definition) is 2. The van der Waals surface area contributed by atoms with Gasteiger partial charge in [-0.05, 0) is 101 Å². The van der Waals surface area contributed by atoms with Crippen molar-refractivity contribution in [1.29, 1.82) is 0 Å². The van der Waals surface area contributed by atoms with E-state index in [4.69, 9.17) is 26.1 Å². The number of hydrogen-bond acceptors (Lipinski definition) is 13. The van der Waals surface area contributed by atoms with Crippen LogP contribution in [-0.4, -0.2) is 117 Å². The molecule has 4 fully saturated rings. The molecule has 0 spiro atoms. The molecule has 9 rings (SSSR count). The second-order valence-corrected chi connectivity index (χ2v) is 18.4. The smallest absolute Gasteiger partial charge is 0.293 e. The van der Waals surface area contributed by atoms with Gasteiger partial charge in [-0.25, -0.2) is 9.37 Å². The average molecular weight is 911 g/mol. The lowest BCUT2D eigenvalue weighted by Gasteiger charge is -2.47. The van der Waals surface area contributed by atoms with Crippen LogP contribution in [0.4, 0.5) is 21.8 Å². The monoisotopic (exact) mass is 910 g/mol. The summed E-state index contributed by atoms with van der Waals surface area (Å²) in [6.07, 6.45) is 4.84. The predicted octanol–water partition coefficient (Wildman–Crippen LogP) is 5.87. The van der Waals surface area contributed by atoms with Gasteiger partial charge >= 0.3 is 0 Å². The minimum Gasteiger partial charge on any atom is -0.480 e. The van der Waals surface area contributed by atoms with Crippen LogP contribution < -0.4 is 25.8 Å². The number of Topliss-reactive ketones (excluding diaryl/α,β-unsaturated/α-hetero) is 1. The molecule has 2 aromatic carbocycles. The molecule has 18 heteroatoms. The number of nitrogens with zero attached hydrogens (tertiary/aromatic N) is 6. The molecule has 5 aliphatic rings. The van der Waals surface area contributed by atoms with E-state index in [1.54, 1.807) is 42.0 Å². The van der Waals surface area contributed by atoms with E-state index in [1.807, 2.05) is 32.0 Å². The summed E-state index contributed by atoms with van der Waals surface area (Å²) < 4.78 is 29.7. The second kappa shape index (κ2) is 18.2. The Hall–Kier alpha value is -5.78. The number of rotatable bonds is 13. The minimum absolute atomic E-state index is 0.0408. The van der Waals surface area contributed by atoms with Crippen LogP contribution in [0.3, 0.4) is 0 Å². The molecule has 6 heterocycles. The molecule has 0 bridgehead atoms. The first-order valence-electron chi connectivity index (χ1n) is 22.5. The maximum atomic E-state index is 15.9. The number of halogens is 2. The van der Waals surface area contributed by atoms with E-state index < -0.39 is 41.8 Å². The van der Waals surface area contributed by atoms with Crippen molar-refractivity contribution in [1.82, 2.24) is 29.7 Å². The number of alkyl halides is 1. The molecular formula is C47H52ClFN8O8. The van der Waals surface area contributed by atoms with E-state index in [2.05, 4.69) is 25.4 Å². The van der Waals surface area contributed by atoms with Crippen molar-refractivity contribution in [2.24, 2.45) is 0 Å². The standard InChI is InChI=1S/C47H52ClFN8O8/c1-4-30(58)24-64-40-19-27-17-28(6-8-38(27)56(25(2)3)46(40)63)51-42-36(48)22-50-47(53-42)54-14-11-31(12-15-54)65-32-20-29(21-32)55-16-13-33(37(49)23-55)26-5-7-34-35(18-26)45(62)57(44(34)61)39-9-10-41(59)52-43(39)60/h5-8,17-19,22,25,29,31-33,37,39H,4,9-16,20-21,23-24H2,1-3H3,(H,50,51,53)(H,52,59,60)/t29?,32?,33-,37-,39?/m1/s1. The van der Waals surface area contributed by atoms with E-state index in [0.717, 1.165) is 41.5 Å². The molecule has 65 heavy (non-hydrogen) atoms. The zero-order chi connectivity index (χ0) is 45.7. The Bertz CT molecular complexity index is 2630. The number of anilines is 3. The SMILES string of the molecule is CCC(=O)COc1cc2cc(Nc3nc(N4CCC(OC5CC(N6CC[C@H](c7ccc8c(c7)C(=O)N(C7CCC(=O)NC7=O)C8=O)[C@H](F)C6)C5)CC4)ncc3Cl)ccc2n(C(C)C)c1=O. The lowest BCUT2D eigenvalue weighted by molar-refractivity contribution is -0.136. The molecular weight excluding hydrogens is 859 g/mol. The number of fused-ring (bicyclic) bond motifs is 2. The molecule has 4 aliphatic heterocycles. The van der Waals surface area contributed by atoms with E-state index in [0.29, 0.717) is 60.5 Å². The number of aromatic nitrogens is 3. The fourth-order valence-corrected chi connectivity index (χ4v) is 9.91. The maximum Gasteiger partial charge on any atom is 0.293 e. The fourth-order valence-electron chi connectivity index (χ4n) is 9.78. The molecule has 16 nitrogen and oxygen atoms in total. The van der Waals surface area contributed by atoms with Crippen LogP contribution in [0.25, 0.3) is 10.9 Å². The Morgan fingerprint density at radius 1 is 0.954 bits per heavy atom. The van der Waals surface area contributed by atoms with Crippen LogP contribution in [0.15, 0.2) is 53.5 Å². The first-order valence-corrected chi connectivity index (χ1v) is 22.9. The number of carbonyl (C=O) groups is 5. The van der Waals surface area contributed by atoms with Gasteiger partial charge in [-0.2, -0.15) is 4.98 Å². The lowest BCUT2D eigenvalue weighted by atomic mass is 9.82. The van der Waals surface area contributed by atoms with Gasteiger partial charge in [-0.3, -0.25) is 43.9 Å². The van der Waals surface area contributed by atoms with Gasteiger partial charge in [0.15, 0.2) is 17.4 Å². The third-order valence-electron chi connectivity index (χ3n) is 13.5. The highest BCUT2D eigenvalue weighted by Gasteiger charge is 2.46. The van der Waals surface area contributed by atoms with Crippen LogP contribution in [-0.2, 0) is 19.1 Å². The van der Waals surface area contributed by atoms with Crippen LogP contribution >= 0.6 is 11.6 Å². The Morgan fingerprint density at radius 3 is 2.45 bits per heavy atom. The van der Waals surface area contributed by atoms with Crippen molar-refractivity contribution >= 4 is 69.4 Å². The highest BCUT2D eigenvalue weighted by molar-refractivity contribution is 6.33. The highest BCUT2D eigenvalue weighted by atomic mass is 35.5. The molecule has 4 amide bonds. The Kier molecular flexibility index (Phi) is 12.5. The molecule has 2 N–H and O–H groups in total. The highest BCUT2D eigenvalue weighted by Crippen LogP contribution is 2.39. The third kappa shape index (κ3) is 8.85. The summed E-state index contributed by atoms with van der Waals surface area (Å²) in [6, 6.07) is 11.2.